The van der Waals surface area contributed by atoms with Crippen LogP contribution in [-0.4, -0.2) is 31.2 Å². The highest BCUT2D eigenvalue weighted by molar-refractivity contribution is 5.75. The fourth-order valence-electron chi connectivity index (χ4n) is 0.653. The van der Waals surface area contributed by atoms with Crippen LogP contribution in [0.4, 0.5) is 13.2 Å². The van der Waals surface area contributed by atoms with Gasteiger partial charge in [-0.25, -0.2) is 23.4 Å². The van der Waals surface area contributed by atoms with Crippen LogP contribution in [0.1, 0.15) is 6.92 Å². The molecule has 0 amide bonds. The minimum Gasteiger partial charge on any atom is -0.464 e. The number of carbonyl (C=O) groups excluding carboxylic acids is 1. The molecule has 0 aromatic carbocycles. The minimum absolute atomic E-state index is 0.0697. The molecule has 0 saturated heterocycles. The third-order valence-electron chi connectivity index (χ3n) is 1.29. The molecule has 13 heavy (non-hydrogen) atoms. The van der Waals surface area contributed by atoms with E-state index in [1.165, 1.54) is 12.3 Å². The van der Waals surface area contributed by atoms with Gasteiger partial charge >= 0.3 is 5.97 Å². The van der Waals surface area contributed by atoms with E-state index in [9.17, 15) is 18.0 Å². The molecule has 0 bridgehead atoms. The summed E-state index contributed by atoms with van der Waals surface area (Å²) in [6, 6.07) is -2.03. The Morgan fingerprint density at radius 1 is 1.54 bits per heavy atom. The van der Waals surface area contributed by atoms with Crippen molar-refractivity contribution in [1.82, 2.24) is 5.43 Å². The van der Waals surface area contributed by atoms with Gasteiger partial charge in [-0.2, -0.15) is 0 Å². The SMILES string of the molecule is CCOC(=O)C(F)C(NN)C(F)F. The van der Waals surface area contributed by atoms with Gasteiger partial charge in [0, 0.05) is 0 Å². The second-order valence-electron chi connectivity index (χ2n) is 2.18. The van der Waals surface area contributed by atoms with Crippen LogP contribution < -0.4 is 11.3 Å². The second-order valence-corrected chi connectivity index (χ2v) is 2.18. The number of halogens is 3. The standard InChI is InChI=1S/C6H11F3N2O2/c1-2-13-6(12)3(7)4(11-10)5(8)9/h3-5,11H,2,10H2,1H3. The quantitative estimate of drug-likeness (QED) is 0.372. The number of hydrogen-bond donors (Lipinski definition) is 2. The number of carbonyl (C=O) groups is 1. The third-order valence-corrected chi connectivity index (χ3v) is 1.29. The maximum atomic E-state index is 12.8. The Hall–Kier alpha value is -0.820. The van der Waals surface area contributed by atoms with E-state index in [0.717, 1.165) is 0 Å². The zero-order valence-electron chi connectivity index (χ0n) is 6.97. The highest BCUT2D eigenvalue weighted by atomic mass is 19.3. The highest BCUT2D eigenvalue weighted by Crippen LogP contribution is 2.09. The van der Waals surface area contributed by atoms with Gasteiger partial charge in [0.15, 0.2) is 0 Å². The van der Waals surface area contributed by atoms with Crippen molar-refractivity contribution in [2.45, 2.75) is 25.6 Å². The van der Waals surface area contributed by atoms with Crippen LogP contribution in [0.15, 0.2) is 0 Å². The molecule has 0 heterocycles. The summed E-state index contributed by atoms with van der Waals surface area (Å²) >= 11 is 0. The van der Waals surface area contributed by atoms with Crippen molar-refractivity contribution >= 4 is 5.97 Å². The van der Waals surface area contributed by atoms with Crippen LogP contribution in [-0.2, 0) is 9.53 Å². The summed E-state index contributed by atoms with van der Waals surface area (Å²) in [5, 5.41) is 0. The first kappa shape index (κ1) is 12.2. The minimum atomic E-state index is -3.07. The maximum Gasteiger partial charge on any atom is 0.342 e. The lowest BCUT2D eigenvalue weighted by Crippen LogP contribution is -2.50. The lowest BCUT2D eigenvalue weighted by Gasteiger charge is -2.17. The molecule has 0 aliphatic carbocycles. The number of rotatable bonds is 5. The normalized spacial score (nSPS) is 15.5. The Morgan fingerprint density at radius 3 is 2.38 bits per heavy atom. The molecule has 3 N–H and O–H groups in total. The molecule has 2 atom stereocenters. The molecule has 0 aliphatic heterocycles. The summed E-state index contributed by atoms with van der Waals surface area (Å²) in [5.74, 6) is 3.29. The van der Waals surface area contributed by atoms with E-state index in [2.05, 4.69) is 10.6 Å². The Morgan fingerprint density at radius 2 is 2.08 bits per heavy atom. The van der Waals surface area contributed by atoms with Crippen molar-refractivity contribution in [1.29, 1.82) is 0 Å². The molecule has 0 aromatic heterocycles. The fourth-order valence-corrected chi connectivity index (χ4v) is 0.653. The predicted octanol–water partition coefficient (Wildman–Crippen LogP) is -0.0154. The first-order chi connectivity index (χ1) is 6.04. The van der Waals surface area contributed by atoms with Crippen LogP contribution in [0.25, 0.3) is 0 Å². The summed E-state index contributed by atoms with van der Waals surface area (Å²) < 4.78 is 40.9. The first-order valence-corrected chi connectivity index (χ1v) is 3.59. The summed E-state index contributed by atoms with van der Waals surface area (Å²) in [4.78, 5) is 10.6. The molecular formula is C6H11F3N2O2. The summed E-state index contributed by atoms with van der Waals surface area (Å²) in [6.45, 7) is 1.37. The van der Waals surface area contributed by atoms with Crippen molar-refractivity contribution in [2.75, 3.05) is 6.61 Å². The van der Waals surface area contributed by atoms with Crippen LogP contribution in [0.5, 0.6) is 0 Å². The van der Waals surface area contributed by atoms with Gasteiger partial charge in [0.25, 0.3) is 6.43 Å². The monoisotopic (exact) mass is 200 g/mol. The van der Waals surface area contributed by atoms with Gasteiger partial charge in [0.05, 0.1) is 6.61 Å². The smallest absolute Gasteiger partial charge is 0.342 e. The van der Waals surface area contributed by atoms with Crippen molar-refractivity contribution < 1.29 is 22.7 Å². The molecule has 0 rings (SSSR count). The number of nitrogens with two attached hydrogens (primary N) is 1. The molecule has 7 heteroatoms. The Balaban J connectivity index is 4.19. The average molecular weight is 200 g/mol. The Bertz CT molecular complexity index is 168. The molecule has 0 aromatic rings. The average Bonchev–Trinajstić information content (AvgIpc) is 2.05. The van der Waals surface area contributed by atoms with E-state index in [-0.39, 0.29) is 6.61 Å². The molecule has 0 spiro atoms. The lowest BCUT2D eigenvalue weighted by atomic mass is 10.2. The van der Waals surface area contributed by atoms with Gasteiger partial charge in [-0.3, -0.25) is 5.84 Å². The van der Waals surface area contributed by atoms with E-state index >= 15 is 0 Å². The largest absolute Gasteiger partial charge is 0.464 e. The van der Waals surface area contributed by atoms with Gasteiger partial charge < -0.3 is 4.74 Å². The third kappa shape index (κ3) is 3.60. The van der Waals surface area contributed by atoms with Crippen molar-refractivity contribution in [3.63, 3.8) is 0 Å². The van der Waals surface area contributed by atoms with Crippen LogP contribution in [0.3, 0.4) is 0 Å². The van der Waals surface area contributed by atoms with Gasteiger partial charge in [0.2, 0.25) is 6.17 Å². The van der Waals surface area contributed by atoms with Gasteiger partial charge in [0.1, 0.15) is 6.04 Å². The predicted molar refractivity (Wildman–Crippen MR) is 38.6 cm³/mol. The van der Waals surface area contributed by atoms with E-state index in [0.29, 0.717) is 0 Å². The van der Waals surface area contributed by atoms with E-state index in [1.807, 2.05) is 0 Å². The molecule has 0 fully saturated rings. The number of ether oxygens (including phenoxy) is 1. The van der Waals surface area contributed by atoms with Gasteiger partial charge in [-0.15, -0.1) is 0 Å². The molecule has 0 aliphatic rings. The molecular weight excluding hydrogens is 189 g/mol. The number of esters is 1. The Kier molecular flexibility index (Phi) is 5.40. The molecule has 78 valence electrons. The number of nitrogens with one attached hydrogen (secondary N) is 1. The number of alkyl halides is 3. The van der Waals surface area contributed by atoms with Crippen LogP contribution in [0, 0.1) is 0 Å². The van der Waals surface area contributed by atoms with E-state index in [1.54, 1.807) is 0 Å². The first-order valence-electron chi connectivity index (χ1n) is 3.59. The van der Waals surface area contributed by atoms with Crippen molar-refractivity contribution in [3.8, 4) is 0 Å². The van der Waals surface area contributed by atoms with E-state index in [4.69, 9.17) is 0 Å². The molecule has 2 unspecified atom stereocenters. The maximum absolute atomic E-state index is 12.8. The summed E-state index contributed by atoms with van der Waals surface area (Å²) in [6.07, 6.45) is -5.52. The zero-order valence-corrected chi connectivity index (χ0v) is 6.97. The fraction of sp³-hybridized carbons (Fsp3) is 0.833. The molecule has 0 radical (unpaired) electrons. The van der Waals surface area contributed by atoms with Crippen molar-refractivity contribution in [3.05, 3.63) is 0 Å². The molecule has 0 saturated carbocycles. The van der Waals surface area contributed by atoms with Crippen LogP contribution in [0.2, 0.25) is 0 Å². The van der Waals surface area contributed by atoms with E-state index < -0.39 is 24.6 Å². The number of hydrogen-bond acceptors (Lipinski definition) is 4. The summed E-state index contributed by atoms with van der Waals surface area (Å²) in [7, 11) is 0. The molecule has 4 nitrogen and oxygen atoms in total. The van der Waals surface area contributed by atoms with Gasteiger partial charge in [-0.05, 0) is 6.92 Å². The van der Waals surface area contributed by atoms with Crippen molar-refractivity contribution in [2.24, 2.45) is 5.84 Å². The summed E-state index contributed by atoms with van der Waals surface area (Å²) in [5.41, 5.74) is 1.51. The van der Waals surface area contributed by atoms with Gasteiger partial charge in [-0.1, -0.05) is 0 Å². The number of hydrazine groups is 1. The second kappa shape index (κ2) is 5.76. The topological polar surface area (TPSA) is 64.3 Å². The van der Waals surface area contributed by atoms with Crippen LogP contribution >= 0.6 is 0 Å². The lowest BCUT2D eigenvalue weighted by molar-refractivity contribution is -0.152. The highest BCUT2D eigenvalue weighted by Gasteiger charge is 2.35. The Labute approximate surface area is 73.2 Å². The zero-order chi connectivity index (χ0) is 10.4.